The number of carbonyl (C=O) groups excluding carboxylic acids is 1. The van der Waals surface area contributed by atoms with Gasteiger partial charge in [0.1, 0.15) is 13.1 Å². The van der Waals surface area contributed by atoms with Crippen molar-refractivity contribution in [3.63, 3.8) is 0 Å². The molecule has 1 aromatic heterocycles. The number of hydrogen-bond donors (Lipinski definition) is 2. The summed E-state index contributed by atoms with van der Waals surface area (Å²) in [7, 11) is 0. The number of rotatable bonds is 6. The average Bonchev–Trinajstić information content (AvgIpc) is 3.05. The Bertz CT molecular complexity index is 428. The van der Waals surface area contributed by atoms with Gasteiger partial charge in [0.15, 0.2) is 0 Å². The third-order valence-electron chi connectivity index (χ3n) is 2.67. The van der Waals surface area contributed by atoms with E-state index in [1.54, 1.807) is 0 Å². The zero-order valence-corrected chi connectivity index (χ0v) is 9.65. The van der Waals surface area contributed by atoms with Gasteiger partial charge in [0.25, 0.3) is 0 Å². The molecule has 1 aromatic rings. The highest BCUT2D eigenvalue weighted by molar-refractivity contribution is 5.75. The van der Waals surface area contributed by atoms with Crippen molar-refractivity contribution in [2.45, 2.75) is 32.0 Å². The lowest BCUT2D eigenvalue weighted by atomic mass is 10.3. The molecule has 1 aliphatic carbocycles. The van der Waals surface area contributed by atoms with Gasteiger partial charge in [-0.1, -0.05) is 0 Å². The van der Waals surface area contributed by atoms with E-state index in [1.165, 1.54) is 18.4 Å². The molecule has 0 spiro atoms. The zero-order chi connectivity index (χ0) is 12.1. The molecule has 2 rings (SSSR count). The van der Waals surface area contributed by atoms with Crippen LogP contribution in [0.3, 0.4) is 0 Å². The van der Waals surface area contributed by atoms with Crippen LogP contribution >= 0.6 is 0 Å². The summed E-state index contributed by atoms with van der Waals surface area (Å²) in [5, 5.41) is 14.3. The van der Waals surface area contributed by atoms with Crippen molar-refractivity contribution >= 4 is 5.91 Å². The lowest BCUT2D eigenvalue weighted by Gasteiger charge is -2.02. The minimum absolute atomic E-state index is 0.0657. The van der Waals surface area contributed by atoms with Gasteiger partial charge in [-0.15, -0.1) is 0 Å². The van der Waals surface area contributed by atoms with E-state index in [-0.39, 0.29) is 19.0 Å². The molecule has 0 unspecified atom stereocenters. The highest BCUT2D eigenvalue weighted by Gasteiger charge is 2.19. The number of nitrogens with zero attached hydrogens (tertiary/aromatic N) is 2. The first-order chi connectivity index (χ1) is 8.28. The van der Waals surface area contributed by atoms with Crippen molar-refractivity contribution in [3.8, 4) is 6.07 Å². The molecule has 2 N–H and O–H groups in total. The molecular weight excluding hydrogens is 216 g/mol. The van der Waals surface area contributed by atoms with Gasteiger partial charge < -0.3 is 15.2 Å². The lowest BCUT2D eigenvalue weighted by molar-refractivity contribution is -0.121. The van der Waals surface area contributed by atoms with E-state index in [0.717, 1.165) is 6.54 Å². The molecule has 5 nitrogen and oxygen atoms in total. The molecule has 1 saturated carbocycles. The van der Waals surface area contributed by atoms with Crippen molar-refractivity contribution in [1.82, 2.24) is 15.2 Å². The third-order valence-corrected chi connectivity index (χ3v) is 2.67. The SMILES string of the molecule is N#CCNC(=O)Cn1ccc(CNC2CC2)c1. The number of nitrogens with one attached hydrogen (secondary N) is 2. The fourth-order valence-electron chi connectivity index (χ4n) is 1.60. The van der Waals surface area contributed by atoms with Crippen LogP contribution < -0.4 is 10.6 Å². The largest absolute Gasteiger partial charge is 0.345 e. The molecule has 0 bridgehead atoms. The summed E-state index contributed by atoms with van der Waals surface area (Å²) in [4.78, 5) is 11.4. The molecule has 1 fully saturated rings. The van der Waals surface area contributed by atoms with Crippen LogP contribution in [0.5, 0.6) is 0 Å². The van der Waals surface area contributed by atoms with Crippen LogP contribution in [0, 0.1) is 11.3 Å². The second-order valence-electron chi connectivity index (χ2n) is 4.28. The Labute approximate surface area is 100 Å². The van der Waals surface area contributed by atoms with Gasteiger partial charge in [0, 0.05) is 25.0 Å². The summed E-state index contributed by atoms with van der Waals surface area (Å²) in [5.74, 6) is -0.135. The number of hydrogen-bond acceptors (Lipinski definition) is 3. The van der Waals surface area contributed by atoms with Crippen LogP contribution in [0.25, 0.3) is 0 Å². The van der Waals surface area contributed by atoms with Crippen molar-refractivity contribution in [1.29, 1.82) is 5.26 Å². The van der Waals surface area contributed by atoms with Gasteiger partial charge in [-0.05, 0) is 24.5 Å². The van der Waals surface area contributed by atoms with Gasteiger partial charge >= 0.3 is 0 Å². The maximum Gasteiger partial charge on any atom is 0.240 e. The van der Waals surface area contributed by atoms with Gasteiger partial charge in [0.05, 0.1) is 6.07 Å². The highest BCUT2D eigenvalue weighted by Crippen LogP contribution is 2.19. The Morgan fingerprint density at radius 3 is 3.12 bits per heavy atom. The first kappa shape index (κ1) is 11.7. The Balaban J connectivity index is 1.76. The molecule has 0 aromatic carbocycles. The summed E-state index contributed by atoms with van der Waals surface area (Å²) in [6, 6.07) is 4.58. The predicted molar refractivity (Wildman–Crippen MR) is 62.9 cm³/mol. The standard InChI is InChI=1S/C12H16N4O/c13-4-5-14-12(17)9-16-6-3-10(8-16)7-15-11-1-2-11/h3,6,8,11,15H,1-2,5,7,9H2,(H,14,17). The summed E-state index contributed by atoms with van der Waals surface area (Å²) in [6.45, 7) is 1.19. The van der Waals surface area contributed by atoms with Crippen molar-refractivity contribution in [2.75, 3.05) is 6.54 Å². The smallest absolute Gasteiger partial charge is 0.240 e. The summed E-state index contributed by atoms with van der Waals surface area (Å²) >= 11 is 0. The van der Waals surface area contributed by atoms with Crippen molar-refractivity contribution in [2.24, 2.45) is 0 Å². The van der Waals surface area contributed by atoms with E-state index >= 15 is 0 Å². The molecule has 0 saturated heterocycles. The van der Waals surface area contributed by atoms with Gasteiger partial charge in [-0.2, -0.15) is 5.26 Å². The maximum atomic E-state index is 11.4. The van der Waals surface area contributed by atoms with Gasteiger partial charge in [-0.25, -0.2) is 0 Å². The molecular formula is C12H16N4O. The second kappa shape index (κ2) is 5.51. The van der Waals surface area contributed by atoms with Crippen molar-refractivity contribution < 1.29 is 4.79 Å². The van der Waals surface area contributed by atoms with Crippen LogP contribution in [0.1, 0.15) is 18.4 Å². The van der Waals surface area contributed by atoms with Crippen LogP contribution in [0.15, 0.2) is 18.5 Å². The number of aromatic nitrogens is 1. The van der Waals surface area contributed by atoms with Crippen LogP contribution in [0.2, 0.25) is 0 Å². The summed E-state index contributed by atoms with van der Waals surface area (Å²) in [5.41, 5.74) is 1.19. The Morgan fingerprint density at radius 2 is 2.41 bits per heavy atom. The minimum Gasteiger partial charge on any atom is -0.345 e. The number of nitriles is 1. The van der Waals surface area contributed by atoms with Crippen molar-refractivity contribution in [3.05, 3.63) is 24.0 Å². The van der Waals surface area contributed by atoms with E-state index in [2.05, 4.69) is 10.6 Å². The van der Waals surface area contributed by atoms with E-state index in [0.29, 0.717) is 6.04 Å². The highest BCUT2D eigenvalue weighted by atomic mass is 16.1. The second-order valence-corrected chi connectivity index (χ2v) is 4.28. The normalized spacial score (nSPS) is 14.3. The van der Waals surface area contributed by atoms with Crippen LogP contribution in [0.4, 0.5) is 0 Å². The molecule has 17 heavy (non-hydrogen) atoms. The van der Waals surface area contributed by atoms with E-state index < -0.39 is 0 Å². The molecule has 5 heteroatoms. The molecule has 0 radical (unpaired) electrons. The third kappa shape index (κ3) is 3.93. The molecule has 90 valence electrons. The number of carbonyl (C=O) groups is 1. The van der Waals surface area contributed by atoms with E-state index in [4.69, 9.17) is 5.26 Å². The Hall–Kier alpha value is -1.80. The lowest BCUT2D eigenvalue weighted by Crippen LogP contribution is -2.27. The topological polar surface area (TPSA) is 69.8 Å². The molecule has 1 heterocycles. The zero-order valence-electron chi connectivity index (χ0n) is 9.65. The summed E-state index contributed by atoms with van der Waals surface area (Å²) < 4.78 is 1.83. The molecule has 0 atom stereocenters. The monoisotopic (exact) mass is 232 g/mol. The fourth-order valence-corrected chi connectivity index (χ4v) is 1.60. The molecule has 1 aliphatic rings. The average molecular weight is 232 g/mol. The molecule has 0 aliphatic heterocycles. The van der Waals surface area contributed by atoms with Crippen LogP contribution in [-0.4, -0.2) is 23.1 Å². The van der Waals surface area contributed by atoms with Gasteiger partial charge in [0.2, 0.25) is 5.91 Å². The Kier molecular flexibility index (Phi) is 3.78. The summed E-state index contributed by atoms with van der Waals surface area (Å²) in [6.07, 6.45) is 6.39. The van der Waals surface area contributed by atoms with E-state index in [1.807, 2.05) is 29.1 Å². The van der Waals surface area contributed by atoms with Crippen LogP contribution in [-0.2, 0) is 17.9 Å². The van der Waals surface area contributed by atoms with E-state index in [9.17, 15) is 4.79 Å². The Morgan fingerprint density at radius 1 is 1.59 bits per heavy atom. The first-order valence-corrected chi connectivity index (χ1v) is 5.79. The minimum atomic E-state index is -0.135. The fraction of sp³-hybridized carbons (Fsp3) is 0.500. The van der Waals surface area contributed by atoms with Gasteiger partial charge in [-0.3, -0.25) is 4.79 Å². The predicted octanol–water partition coefficient (Wildman–Crippen LogP) is 0.380. The number of amides is 1. The quantitative estimate of drug-likeness (QED) is 0.697. The first-order valence-electron chi connectivity index (χ1n) is 5.79. The maximum absolute atomic E-state index is 11.4. The molecule has 1 amide bonds.